The Balaban J connectivity index is 3.07. The first kappa shape index (κ1) is 13.0. The first-order valence-corrected chi connectivity index (χ1v) is 5.23. The van der Waals surface area contributed by atoms with Gasteiger partial charge in [0.15, 0.2) is 0 Å². The molecule has 16 heavy (non-hydrogen) atoms. The van der Waals surface area contributed by atoms with Gasteiger partial charge in [0, 0.05) is 6.54 Å². The zero-order valence-corrected chi connectivity index (χ0v) is 9.38. The molecule has 0 saturated carbocycles. The number of hydrogen-bond acceptors (Lipinski definition) is 1. The molecule has 0 bridgehead atoms. The maximum atomic E-state index is 12.7. The van der Waals surface area contributed by atoms with Crippen molar-refractivity contribution in [1.82, 2.24) is 0 Å². The van der Waals surface area contributed by atoms with E-state index in [2.05, 4.69) is 0 Å². The van der Waals surface area contributed by atoms with Crippen molar-refractivity contribution in [3.05, 3.63) is 35.4 Å². The first-order valence-electron chi connectivity index (χ1n) is 5.23. The molecule has 1 rings (SSSR count). The lowest BCUT2D eigenvalue weighted by atomic mass is 9.93. The van der Waals surface area contributed by atoms with E-state index in [1.165, 1.54) is 6.07 Å². The summed E-state index contributed by atoms with van der Waals surface area (Å²) in [6, 6.07) is 6.56. The predicted octanol–water partition coefficient (Wildman–Crippen LogP) is 3.41. The summed E-state index contributed by atoms with van der Waals surface area (Å²) in [5.41, 5.74) is 6.35. The fourth-order valence-corrected chi connectivity index (χ4v) is 1.59. The average Bonchev–Trinajstić information content (AvgIpc) is 2.17. The number of halogens is 3. The molecule has 0 saturated heterocycles. The molecular weight excluding hydrogens is 215 g/mol. The highest BCUT2D eigenvalue weighted by Crippen LogP contribution is 2.34. The molecule has 1 unspecified atom stereocenters. The second-order valence-electron chi connectivity index (χ2n) is 4.15. The van der Waals surface area contributed by atoms with Crippen LogP contribution in [0.25, 0.3) is 0 Å². The Morgan fingerprint density at radius 3 is 2.19 bits per heavy atom. The van der Waals surface area contributed by atoms with Crippen LogP contribution in [0, 0.1) is 0 Å². The van der Waals surface area contributed by atoms with Gasteiger partial charge in [0.1, 0.15) is 0 Å². The summed E-state index contributed by atoms with van der Waals surface area (Å²) < 4.78 is 38.0. The second-order valence-corrected chi connectivity index (χ2v) is 4.15. The van der Waals surface area contributed by atoms with Crippen molar-refractivity contribution in [3.8, 4) is 0 Å². The van der Waals surface area contributed by atoms with Crippen LogP contribution in [0.3, 0.4) is 0 Å². The summed E-state index contributed by atoms with van der Waals surface area (Å²) in [7, 11) is 0. The maximum absolute atomic E-state index is 12.7. The van der Waals surface area contributed by atoms with E-state index in [9.17, 15) is 13.2 Å². The Bertz CT molecular complexity index is 344. The molecule has 0 aliphatic rings. The standard InChI is InChI=1S/C12H16F3N/c1-8(2)9-4-3-5-10(6-9)11(7-16)12(13,14)15/h3-6,8,11H,7,16H2,1-2H3. The molecule has 4 heteroatoms. The van der Waals surface area contributed by atoms with E-state index in [1.54, 1.807) is 12.1 Å². The third-order valence-corrected chi connectivity index (χ3v) is 2.61. The van der Waals surface area contributed by atoms with Crippen molar-refractivity contribution in [2.75, 3.05) is 6.54 Å². The van der Waals surface area contributed by atoms with Crippen LogP contribution in [0.15, 0.2) is 24.3 Å². The fraction of sp³-hybridized carbons (Fsp3) is 0.500. The zero-order valence-electron chi connectivity index (χ0n) is 9.38. The highest BCUT2D eigenvalue weighted by Gasteiger charge is 2.39. The summed E-state index contributed by atoms with van der Waals surface area (Å²) in [5.74, 6) is -1.35. The lowest BCUT2D eigenvalue weighted by Gasteiger charge is -2.20. The van der Waals surface area contributed by atoms with Crippen molar-refractivity contribution < 1.29 is 13.2 Å². The molecule has 0 aromatic heterocycles. The number of rotatable bonds is 3. The molecule has 0 spiro atoms. The first-order chi connectivity index (χ1) is 7.36. The normalized spacial score (nSPS) is 14.2. The predicted molar refractivity (Wildman–Crippen MR) is 58.4 cm³/mol. The van der Waals surface area contributed by atoms with Crippen molar-refractivity contribution in [2.24, 2.45) is 5.73 Å². The average molecular weight is 231 g/mol. The van der Waals surface area contributed by atoms with E-state index in [0.717, 1.165) is 5.56 Å². The van der Waals surface area contributed by atoms with Gasteiger partial charge in [-0.1, -0.05) is 38.1 Å². The summed E-state index contributed by atoms with van der Waals surface area (Å²) in [4.78, 5) is 0. The van der Waals surface area contributed by atoms with E-state index in [1.807, 2.05) is 19.9 Å². The summed E-state index contributed by atoms with van der Waals surface area (Å²) in [6.45, 7) is 3.49. The van der Waals surface area contributed by atoms with Gasteiger partial charge in [0.05, 0.1) is 5.92 Å². The number of nitrogens with two attached hydrogens (primary N) is 1. The molecule has 1 atom stereocenters. The SMILES string of the molecule is CC(C)c1cccc(C(CN)C(F)(F)F)c1. The number of hydrogen-bond donors (Lipinski definition) is 1. The molecule has 0 amide bonds. The Morgan fingerprint density at radius 2 is 1.75 bits per heavy atom. The Kier molecular flexibility index (Phi) is 3.97. The van der Waals surface area contributed by atoms with E-state index in [-0.39, 0.29) is 11.5 Å². The maximum Gasteiger partial charge on any atom is 0.396 e. The van der Waals surface area contributed by atoms with Crippen LogP contribution in [-0.2, 0) is 0 Å². The third kappa shape index (κ3) is 2.98. The van der Waals surface area contributed by atoms with Gasteiger partial charge in [0.25, 0.3) is 0 Å². The van der Waals surface area contributed by atoms with Gasteiger partial charge in [-0.3, -0.25) is 0 Å². The Labute approximate surface area is 93.5 Å². The van der Waals surface area contributed by atoms with E-state index < -0.39 is 18.6 Å². The van der Waals surface area contributed by atoms with Crippen LogP contribution in [0.1, 0.15) is 36.8 Å². The van der Waals surface area contributed by atoms with Gasteiger partial charge in [-0.05, 0) is 17.0 Å². The minimum absolute atomic E-state index is 0.214. The smallest absolute Gasteiger partial charge is 0.330 e. The quantitative estimate of drug-likeness (QED) is 0.847. The number of benzene rings is 1. The lowest BCUT2D eigenvalue weighted by molar-refractivity contribution is -0.148. The van der Waals surface area contributed by atoms with Gasteiger partial charge in [-0.15, -0.1) is 0 Å². The minimum atomic E-state index is -4.27. The Morgan fingerprint density at radius 1 is 1.19 bits per heavy atom. The van der Waals surface area contributed by atoms with Crippen LogP contribution in [0.4, 0.5) is 13.2 Å². The Hall–Kier alpha value is -1.03. The van der Waals surface area contributed by atoms with Gasteiger partial charge < -0.3 is 5.73 Å². The molecule has 0 aliphatic heterocycles. The molecule has 0 fully saturated rings. The van der Waals surface area contributed by atoms with Gasteiger partial charge in [-0.25, -0.2) is 0 Å². The van der Waals surface area contributed by atoms with Crippen LogP contribution in [0.5, 0.6) is 0 Å². The minimum Gasteiger partial charge on any atom is -0.330 e. The van der Waals surface area contributed by atoms with Gasteiger partial charge in [0.2, 0.25) is 0 Å². The number of alkyl halides is 3. The molecule has 0 heterocycles. The topological polar surface area (TPSA) is 26.0 Å². The van der Waals surface area contributed by atoms with Gasteiger partial charge >= 0.3 is 6.18 Å². The van der Waals surface area contributed by atoms with E-state index in [4.69, 9.17) is 5.73 Å². The lowest BCUT2D eigenvalue weighted by Crippen LogP contribution is -2.28. The van der Waals surface area contributed by atoms with Crippen molar-refractivity contribution in [3.63, 3.8) is 0 Å². The zero-order chi connectivity index (χ0) is 12.3. The van der Waals surface area contributed by atoms with Gasteiger partial charge in [-0.2, -0.15) is 13.2 Å². The van der Waals surface area contributed by atoms with E-state index in [0.29, 0.717) is 0 Å². The third-order valence-electron chi connectivity index (χ3n) is 2.61. The van der Waals surface area contributed by atoms with Crippen LogP contribution < -0.4 is 5.73 Å². The van der Waals surface area contributed by atoms with E-state index >= 15 is 0 Å². The molecular formula is C12H16F3N. The summed E-state index contributed by atoms with van der Waals surface area (Å²) in [6.07, 6.45) is -4.27. The van der Waals surface area contributed by atoms with Crippen molar-refractivity contribution >= 4 is 0 Å². The van der Waals surface area contributed by atoms with Crippen LogP contribution in [-0.4, -0.2) is 12.7 Å². The molecule has 1 aromatic rings. The molecule has 0 radical (unpaired) electrons. The molecule has 1 nitrogen and oxygen atoms in total. The molecule has 1 aromatic carbocycles. The van der Waals surface area contributed by atoms with Crippen molar-refractivity contribution in [2.45, 2.75) is 31.9 Å². The molecule has 90 valence electrons. The van der Waals surface area contributed by atoms with Crippen LogP contribution >= 0.6 is 0 Å². The largest absolute Gasteiger partial charge is 0.396 e. The highest BCUT2D eigenvalue weighted by molar-refractivity contribution is 5.29. The summed E-state index contributed by atoms with van der Waals surface area (Å²) >= 11 is 0. The van der Waals surface area contributed by atoms with Crippen LogP contribution in [0.2, 0.25) is 0 Å². The second kappa shape index (κ2) is 4.87. The molecule has 0 aliphatic carbocycles. The summed E-state index contributed by atoms with van der Waals surface area (Å²) in [5, 5.41) is 0. The van der Waals surface area contributed by atoms with Crippen molar-refractivity contribution in [1.29, 1.82) is 0 Å². The highest BCUT2D eigenvalue weighted by atomic mass is 19.4. The molecule has 2 N–H and O–H groups in total. The monoisotopic (exact) mass is 231 g/mol. The fourth-order valence-electron chi connectivity index (χ4n) is 1.59.